The predicted octanol–water partition coefficient (Wildman–Crippen LogP) is 6.39. The van der Waals surface area contributed by atoms with Crippen molar-refractivity contribution in [2.24, 2.45) is 0 Å². The third-order valence-corrected chi connectivity index (χ3v) is 7.32. The molecule has 35 heavy (non-hydrogen) atoms. The highest BCUT2D eigenvalue weighted by Crippen LogP contribution is 2.32. The number of rotatable bonds is 9. The smallest absolute Gasteiger partial charge is 0.303 e. The van der Waals surface area contributed by atoms with Crippen molar-refractivity contribution in [1.82, 2.24) is 3.97 Å². The van der Waals surface area contributed by atoms with Crippen LogP contribution in [0.2, 0.25) is 10.0 Å². The molecule has 0 aliphatic carbocycles. The summed E-state index contributed by atoms with van der Waals surface area (Å²) in [5.74, 6) is 0.376. The molecule has 0 spiro atoms. The molecule has 0 aliphatic heterocycles. The summed E-state index contributed by atoms with van der Waals surface area (Å²) in [4.78, 5) is 11.1. The molecule has 0 saturated heterocycles. The maximum atomic E-state index is 13.6. The molecule has 1 N–H and O–H groups in total. The average Bonchev–Trinajstić information content (AvgIpc) is 3.16. The first kappa shape index (κ1) is 24.9. The van der Waals surface area contributed by atoms with E-state index in [2.05, 4.69) is 0 Å². The molecule has 0 bridgehead atoms. The Morgan fingerprint density at radius 3 is 2.23 bits per heavy atom. The van der Waals surface area contributed by atoms with E-state index in [0.717, 1.165) is 3.97 Å². The van der Waals surface area contributed by atoms with Crippen LogP contribution < -0.4 is 9.47 Å². The zero-order valence-corrected chi connectivity index (χ0v) is 20.9. The van der Waals surface area contributed by atoms with E-state index in [-0.39, 0.29) is 17.7 Å². The Morgan fingerprint density at radius 2 is 1.60 bits per heavy atom. The van der Waals surface area contributed by atoms with E-state index < -0.39 is 16.0 Å². The van der Waals surface area contributed by atoms with Crippen LogP contribution in [0.5, 0.6) is 17.2 Å². The van der Waals surface area contributed by atoms with Crippen molar-refractivity contribution in [3.8, 4) is 17.2 Å². The van der Waals surface area contributed by atoms with Crippen molar-refractivity contribution in [1.29, 1.82) is 0 Å². The number of aromatic nitrogens is 1. The minimum Gasteiger partial charge on any atom is -0.494 e. The van der Waals surface area contributed by atoms with Crippen LogP contribution in [0.3, 0.4) is 0 Å². The molecule has 1 aromatic heterocycles. The lowest BCUT2D eigenvalue weighted by Gasteiger charge is -2.10. The second kappa shape index (κ2) is 10.2. The summed E-state index contributed by atoms with van der Waals surface area (Å²) in [6.07, 6.45) is 1.54. The van der Waals surface area contributed by atoms with Gasteiger partial charge in [0.2, 0.25) is 0 Å². The number of hydrogen-bond donors (Lipinski definition) is 1. The molecule has 0 amide bonds. The highest BCUT2D eigenvalue weighted by molar-refractivity contribution is 7.90. The lowest BCUT2D eigenvalue weighted by molar-refractivity contribution is -0.136. The highest BCUT2D eigenvalue weighted by Gasteiger charge is 2.22. The van der Waals surface area contributed by atoms with E-state index in [0.29, 0.717) is 50.4 Å². The van der Waals surface area contributed by atoms with E-state index in [1.807, 2.05) is 6.92 Å². The van der Waals surface area contributed by atoms with Gasteiger partial charge in [-0.05, 0) is 73.5 Å². The van der Waals surface area contributed by atoms with Gasteiger partial charge in [0.25, 0.3) is 10.0 Å². The Hall–Kier alpha value is -3.20. The van der Waals surface area contributed by atoms with Crippen LogP contribution in [-0.4, -0.2) is 30.1 Å². The summed E-state index contributed by atoms with van der Waals surface area (Å²) in [5, 5.41) is 10.6. The van der Waals surface area contributed by atoms with Gasteiger partial charge >= 0.3 is 5.97 Å². The van der Waals surface area contributed by atoms with Crippen molar-refractivity contribution in [3.05, 3.63) is 82.5 Å². The second-order valence-electron chi connectivity index (χ2n) is 7.64. The first-order valence-corrected chi connectivity index (χ1v) is 12.8. The molecule has 0 aliphatic rings. The summed E-state index contributed by atoms with van der Waals surface area (Å²) in [5.41, 5.74) is 1.03. The monoisotopic (exact) mass is 533 g/mol. The van der Waals surface area contributed by atoms with E-state index in [9.17, 15) is 13.2 Å². The maximum Gasteiger partial charge on any atom is 0.303 e. The number of halogens is 2. The first-order valence-electron chi connectivity index (χ1n) is 10.7. The fourth-order valence-corrected chi connectivity index (χ4v) is 5.55. The fraction of sp³-hybridized carbons (Fsp3) is 0.160. The first-order chi connectivity index (χ1) is 16.7. The number of hydrogen-bond acceptors (Lipinski definition) is 5. The molecule has 4 aromatic rings. The van der Waals surface area contributed by atoms with Crippen LogP contribution in [0.4, 0.5) is 0 Å². The van der Waals surface area contributed by atoms with Gasteiger partial charge < -0.3 is 14.6 Å². The Bertz CT molecular complexity index is 1480. The minimum absolute atomic E-state index is 0.0393. The van der Waals surface area contributed by atoms with E-state index in [1.165, 1.54) is 30.5 Å². The van der Waals surface area contributed by atoms with Crippen molar-refractivity contribution in [3.63, 3.8) is 0 Å². The van der Waals surface area contributed by atoms with Gasteiger partial charge in [-0.3, -0.25) is 4.79 Å². The molecule has 0 radical (unpaired) electrons. The molecule has 1 heterocycles. The minimum atomic E-state index is -4.00. The van der Waals surface area contributed by atoms with Crippen LogP contribution in [0.1, 0.15) is 18.9 Å². The number of aryl methyl sites for hydroxylation is 1. The van der Waals surface area contributed by atoms with Gasteiger partial charge in [0.05, 0.1) is 17.0 Å². The molecule has 182 valence electrons. The van der Waals surface area contributed by atoms with Gasteiger partial charge in [-0.15, -0.1) is 0 Å². The summed E-state index contributed by atoms with van der Waals surface area (Å²) in [6, 6.07) is 15.8. The lowest BCUT2D eigenvalue weighted by atomic mass is 10.1. The zero-order valence-electron chi connectivity index (χ0n) is 18.6. The SMILES string of the molecule is CCOc1ccc2c(CCC(=O)O)cn(S(=O)(=O)c3ccc(Oc4cc(Cl)cc(Cl)c4)cc3)c2c1. The van der Waals surface area contributed by atoms with Gasteiger partial charge in [-0.2, -0.15) is 0 Å². The van der Waals surface area contributed by atoms with Gasteiger partial charge in [-0.1, -0.05) is 23.2 Å². The number of benzene rings is 3. The van der Waals surface area contributed by atoms with Crippen molar-refractivity contribution in [2.75, 3.05) is 6.61 Å². The van der Waals surface area contributed by atoms with Gasteiger partial charge in [-0.25, -0.2) is 12.4 Å². The van der Waals surface area contributed by atoms with Gasteiger partial charge in [0, 0.05) is 34.1 Å². The summed E-state index contributed by atoms with van der Waals surface area (Å²) >= 11 is 12.0. The van der Waals surface area contributed by atoms with Crippen LogP contribution >= 0.6 is 23.2 Å². The number of ether oxygens (including phenoxy) is 2. The Labute approximate surface area is 212 Å². The molecule has 3 aromatic carbocycles. The Kier molecular flexibility index (Phi) is 7.25. The van der Waals surface area contributed by atoms with E-state index >= 15 is 0 Å². The molecule has 10 heteroatoms. The average molecular weight is 534 g/mol. The summed E-state index contributed by atoms with van der Waals surface area (Å²) in [6.45, 7) is 2.25. The largest absolute Gasteiger partial charge is 0.494 e. The summed E-state index contributed by atoms with van der Waals surface area (Å²) < 4.78 is 39.6. The molecule has 0 atom stereocenters. The van der Waals surface area contributed by atoms with Crippen molar-refractivity contribution < 1.29 is 27.8 Å². The normalized spacial score (nSPS) is 11.5. The van der Waals surface area contributed by atoms with Crippen LogP contribution in [-0.2, 0) is 21.2 Å². The molecule has 7 nitrogen and oxygen atoms in total. The number of carboxylic acids is 1. The standard InChI is InChI=1S/C25H21Cl2NO6S/c1-2-33-20-6-9-23-16(3-10-25(29)30)15-28(24(23)14-20)35(31,32)22-7-4-19(5-8-22)34-21-12-17(26)11-18(27)13-21/h4-9,11-15H,2-3,10H2,1H3,(H,29,30). The van der Waals surface area contributed by atoms with Crippen molar-refractivity contribution >= 4 is 50.1 Å². The predicted molar refractivity (Wildman–Crippen MR) is 135 cm³/mol. The van der Waals surface area contributed by atoms with Crippen LogP contribution in [0.25, 0.3) is 10.9 Å². The Morgan fingerprint density at radius 1 is 0.943 bits per heavy atom. The van der Waals surface area contributed by atoms with Crippen molar-refractivity contribution in [2.45, 2.75) is 24.7 Å². The quantitative estimate of drug-likeness (QED) is 0.267. The van der Waals surface area contributed by atoms with E-state index in [1.54, 1.807) is 36.4 Å². The van der Waals surface area contributed by atoms with E-state index in [4.69, 9.17) is 37.8 Å². The second-order valence-corrected chi connectivity index (χ2v) is 10.3. The summed E-state index contributed by atoms with van der Waals surface area (Å²) in [7, 11) is -4.00. The molecular formula is C25H21Cl2NO6S. The number of carbonyl (C=O) groups is 1. The molecule has 4 rings (SSSR count). The third-order valence-electron chi connectivity index (χ3n) is 5.20. The van der Waals surface area contributed by atoms with Gasteiger partial charge in [0.1, 0.15) is 17.2 Å². The number of fused-ring (bicyclic) bond motifs is 1. The fourth-order valence-electron chi connectivity index (χ4n) is 3.66. The third kappa shape index (κ3) is 5.56. The van der Waals surface area contributed by atoms with Gasteiger partial charge in [0.15, 0.2) is 0 Å². The maximum absolute atomic E-state index is 13.6. The highest BCUT2D eigenvalue weighted by atomic mass is 35.5. The number of nitrogens with zero attached hydrogens (tertiary/aromatic N) is 1. The molecular weight excluding hydrogens is 513 g/mol. The number of aliphatic carboxylic acids is 1. The number of carboxylic acid groups (broad SMARTS) is 1. The molecule has 0 unspecified atom stereocenters. The van der Waals surface area contributed by atoms with Crippen LogP contribution in [0.15, 0.2) is 71.8 Å². The van der Waals surface area contributed by atoms with Crippen LogP contribution in [0, 0.1) is 0 Å². The lowest BCUT2D eigenvalue weighted by Crippen LogP contribution is -2.12. The topological polar surface area (TPSA) is 94.8 Å². The zero-order chi connectivity index (χ0) is 25.2. The molecule has 0 saturated carbocycles. The molecule has 0 fully saturated rings. The Balaban J connectivity index is 1.71.